The van der Waals surface area contributed by atoms with E-state index < -0.39 is 0 Å². The van der Waals surface area contributed by atoms with Gasteiger partial charge in [-0.05, 0) is 48.9 Å². The molecular formula is C16H20N2O. The lowest BCUT2D eigenvalue weighted by Crippen LogP contribution is -2.21. The Morgan fingerprint density at radius 2 is 2.16 bits per heavy atom. The number of nitrogens with one attached hydrogen (secondary N) is 2. The molecule has 3 rings (SSSR count). The van der Waals surface area contributed by atoms with Crippen molar-refractivity contribution in [2.45, 2.75) is 45.6 Å². The topological polar surface area (TPSA) is 44.9 Å². The van der Waals surface area contributed by atoms with E-state index in [1.165, 1.54) is 53.4 Å². The zero-order valence-corrected chi connectivity index (χ0v) is 11.4. The van der Waals surface area contributed by atoms with E-state index in [0.717, 1.165) is 0 Å². The Hall–Kier alpha value is -1.77. The number of benzene rings is 1. The molecule has 0 spiro atoms. The van der Waals surface area contributed by atoms with E-state index in [1.54, 1.807) is 0 Å². The van der Waals surface area contributed by atoms with Crippen molar-refractivity contribution in [1.82, 2.24) is 10.3 Å². The van der Waals surface area contributed by atoms with Gasteiger partial charge in [0.15, 0.2) is 0 Å². The molecule has 0 saturated carbocycles. The summed E-state index contributed by atoms with van der Waals surface area (Å²) >= 11 is 0. The number of hydrogen-bond donors (Lipinski definition) is 2. The quantitative estimate of drug-likeness (QED) is 0.871. The van der Waals surface area contributed by atoms with Gasteiger partial charge in [-0.1, -0.05) is 13.0 Å². The van der Waals surface area contributed by atoms with E-state index in [1.807, 2.05) is 6.92 Å². The van der Waals surface area contributed by atoms with Crippen LogP contribution in [0.4, 0.5) is 0 Å². The van der Waals surface area contributed by atoms with Gasteiger partial charge in [-0.15, -0.1) is 0 Å². The average molecular weight is 256 g/mol. The normalized spacial score (nSPS) is 14.4. The van der Waals surface area contributed by atoms with E-state index in [2.05, 4.69) is 28.5 Å². The maximum Gasteiger partial charge on any atom is 0.219 e. The standard InChI is InChI=1S/C16H20N2O/c1-2-16(19)17-10-11-7-8-15-13(9-11)12-5-3-4-6-14(12)18-15/h7-9,18H,2-6,10H2,1H3,(H,17,19). The second-order valence-electron chi connectivity index (χ2n) is 5.30. The van der Waals surface area contributed by atoms with E-state index in [0.29, 0.717) is 13.0 Å². The molecule has 1 amide bonds. The van der Waals surface area contributed by atoms with E-state index >= 15 is 0 Å². The predicted octanol–water partition coefficient (Wildman–Crippen LogP) is 3.07. The Morgan fingerprint density at radius 1 is 1.32 bits per heavy atom. The van der Waals surface area contributed by atoms with Crippen molar-refractivity contribution >= 4 is 16.8 Å². The molecule has 0 saturated heterocycles. The van der Waals surface area contributed by atoms with E-state index in [-0.39, 0.29) is 5.91 Å². The highest BCUT2D eigenvalue weighted by atomic mass is 16.1. The lowest BCUT2D eigenvalue weighted by Gasteiger charge is -2.10. The van der Waals surface area contributed by atoms with Crippen LogP contribution in [-0.2, 0) is 24.2 Å². The molecule has 0 unspecified atom stereocenters. The van der Waals surface area contributed by atoms with Crippen molar-refractivity contribution in [2.75, 3.05) is 0 Å². The highest BCUT2D eigenvalue weighted by Crippen LogP contribution is 2.29. The molecule has 0 aliphatic heterocycles. The Labute approximate surface area is 113 Å². The monoisotopic (exact) mass is 256 g/mol. The Balaban J connectivity index is 1.89. The molecule has 2 N–H and O–H groups in total. The summed E-state index contributed by atoms with van der Waals surface area (Å²) in [6.07, 6.45) is 5.48. The van der Waals surface area contributed by atoms with Crippen molar-refractivity contribution in [3.05, 3.63) is 35.0 Å². The molecule has 0 fully saturated rings. The highest BCUT2D eigenvalue weighted by Gasteiger charge is 2.15. The maximum absolute atomic E-state index is 11.3. The second-order valence-corrected chi connectivity index (χ2v) is 5.30. The number of aromatic nitrogens is 1. The SMILES string of the molecule is CCC(=O)NCc1ccc2[nH]c3c(c2c1)CCCC3. The molecule has 1 aromatic heterocycles. The number of aromatic amines is 1. The Kier molecular flexibility index (Phi) is 3.28. The summed E-state index contributed by atoms with van der Waals surface area (Å²) < 4.78 is 0. The second kappa shape index (κ2) is 5.08. The number of carbonyl (C=O) groups is 1. The first-order valence-electron chi connectivity index (χ1n) is 7.17. The van der Waals surface area contributed by atoms with E-state index in [9.17, 15) is 4.79 Å². The summed E-state index contributed by atoms with van der Waals surface area (Å²) in [5.41, 5.74) is 5.32. The number of carbonyl (C=O) groups excluding carboxylic acids is 1. The number of rotatable bonds is 3. The molecule has 2 aromatic rings. The van der Waals surface area contributed by atoms with Gasteiger partial charge in [-0.25, -0.2) is 0 Å². The first-order valence-corrected chi connectivity index (χ1v) is 7.17. The van der Waals surface area contributed by atoms with Crippen LogP contribution in [0.5, 0.6) is 0 Å². The van der Waals surface area contributed by atoms with Crippen LogP contribution in [0.15, 0.2) is 18.2 Å². The van der Waals surface area contributed by atoms with Crippen LogP contribution < -0.4 is 5.32 Å². The van der Waals surface area contributed by atoms with Crippen LogP contribution >= 0.6 is 0 Å². The van der Waals surface area contributed by atoms with Gasteiger partial charge < -0.3 is 10.3 Å². The fraction of sp³-hybridized carbons (Fsp3) is 0.438. The molecule has 0 radical (unpaired) electrons. The van der Waals surface area contributed by atoms with Crippen LogP contribution in [-0.4, -0.2) is 10.9 Å². The smallest absolute Gasteiger partial charge is 0.219 e. The predicted molar refractivity (Wildman–Crippen MR) is 77.1 cm³/mol. The van der Waals surface area contributed by atoms with Gasteiger partial charge in [0.2, 0.25) is 5.91 Å². The number of fused-ring (bicyclic) bond motifs is 3. The molecule has 19 heavy (non-hydrogen) atoms. The number of aryl methyl sites for hydroxylation is 2. The van der Waals surface area contributed by atoms with Gasteiger partial charge in [0.05, 0.1) is 0 Å². The van der Waals surface area contributed by atoms with Crippen molar-refractivity contribution in [1.29, 1.82) is 0 Å². The molecule has 1 aliphatic carbocycles. The molecule has 3 nitrogen and oxygen atoms in total. The molecule has 0 atom stereocenters. The molecule has 0 bridgehead atoms. The molecule has 1 aliphatic rings. The van der Waals surface area contributed by atoms with Crippen molar-refractivity contribution in [3.8, 4) is 0 Å². The lowest BCUT2D eigenvalue weighted by atomic mass is 9.95. The third kappa shape index (κ3) is 2.37. The molecule has 100 valence electrons. The zero-order valence-electron chi connectivity index (χ0n) is 11.4. The Morgan fingerprint density at radius 3 is 3.00 bits per heavy atom. The number of H-pyrrole nitrogens is 1. The van der Waals surface area contributed by atoms with Crippen molar-refractivity contribution in [3.63, 3.8) is 0 Å². The lowest BCUT2D eigenvalue weighted by molar-refractivity contribution is -0.120. The van der Waals surface area contributed by atoms with Gasteiger partial charge in [-0.2, -0.15) is 0 Å². The summed E-state index contributed by atoms with van der Waals surface area (Å²) in [6, 6.07) is 6.47. The fourth-order valence-electron chi connectivity index (χ4n) is 2.89. The zero-order chi connectivity index (χ0) is 13.2. The fourth-order valence-corrected chi connectivity index (χ4v) is 2.89. The first-order chi connectivity index (χ1) is 9.28. The minimum atomic E-state index is 0.108. The minimum Gasteiger partial charge on any atom is -0.358 e. The molecule has 1 aromatic carbocycles. The minimum absolute atomic E-state index is 0.108. The third-order valence-corrected chi connectivity index (χ3v) is 3.97. The van der Waals surface area contributed by atoms with E-state index in [4.69, 9.17) is 0 Å². The van der Waals surface area contributed by atoms with Crippen LogP contribution in [0.2, 0.25) is 0 Å². The summed E-state index contributed by atoms with van der Waals surface area (Å²) in [5.74, 6) is 0.108. The molecular weight excluding hydrogens is 236 g/mol. The summed E-state index contributed by atoms with van der Waals surface area (Å²) in [4.78, 5) is 14.8. The summed E-state index contributed by atoms with van der Waals surface area (Å²) in [5, 5.41) is 4.28. The summed E-state index contributed by atoms with van der Waals surface area (Å²) in [6.45, 7) is 2.50. The van der Waals surface area contributed by atoms with Crippen molar-refractivity contribution in [2.24, 2.45) is 0 Å². The molecule has 3 heteroatoms. The number of amides is 1. The molecule has 1 heterocycles. The van der Waals surface area contributed by atoms with Gasteiger partial charge in [0.1, 0.15) is 0 Å². The van der Waals surface area contributed by atoms with Gasteiger partial charge >= 0.3 is 0 Å². The van der Waals surface area contributed by atoms with Gasteiger partial charge in [0, 0.05) is 29.6 Å². The Bertz CT molecular complexity index is 612. The first kappa shape index (κ1) is 12.3. The van der Waals surface area contributed by atoms with Crippen molar-refractivity contribution < 1.29 is 4.79 Å². The maximum atomic E-state index is 11.3. The van der Waals surface area contributed by atoms with Crippen LogP contribution in [0.1, 0.15) is 43.0 Å². The van der Waals surface area contributed by atoms with Crippen LogP contribution in [0.25, 0.3) is 10.9 Å². The van der Waals surface area contributed by atoms with Gasteiger partial charge in [-0.3, -0.25) is 4.79 Å². The largest absolute Gasteiger partial charge is 0.358 e. The third-order valence-electron chi connectivity index (χ3n) is 3.97. The highest BCUT2D eigenvalue weighted by molar-refractivity contribution is 5.85. The average Bonchev–Trinajstić information content (AvgIpc) is 2.82. The summed E-state index contributed by atoms with van der Waals surface area (Å²) in [7, 11) is 0. The van der Waals surface area contributed by atoms with Crippen LogP contribution in [0, 0.1) is 0 Å². The van der Waals surface area contributed by atoms with Gasteiger partial charge in [0.25, 0.3) is 0 Å². The number of hydrogen-bond acceptors (Lipinski definition) is 1. The van der Waals surface area contributed by atoms with Crippen LogP contribution in [0.3, 0.4) is 0 Å².